The molecule has 0 spiro atoms. The Hall–Kier alpha value is -3.16. The quantitative estimate of drug-likeness (QED) is 0.596. The van der Waals surface area contributed by atoms with E-state index in [9.17, 15) is 9.59 Å². The highest BCUT2D eigenvalue weighted by Crippen LogP contribution is 2.03. The Labute approximate surface area is 138 Å². The number of hydrazone groups is 2. The van der Waals surface area contributed by atoms with Crippen LogP contribution in [-0.4, -0.2) is 24.2 Å². The van der Waals surface area contributed by atoms with Crippen molar-refractivity contribution in [1.82, 2.24) is 10.9 Å². The van der Waals surface area contributed by atoms with E-state index in [1.54, 1.807) is 24.3 Å². The molecule has 2 N–H and O–H groups in total. The van der Waals surface area contributed by atoms with Gasteiger partial charge in [-0.3, -0.25) is 9.59 Å². The van der Waals surface area contributed by atoms with Crippen molar-refractivity contribution in [2.45, 2.75) is 26.7 Å². The van der Waals surface area contributed by atoms with Crippen LogP contribution in [0, 0.1) is 13.8 Å². The molecule has 2 aromatic rings. The zero-order valence-corrected chi connectivity index (χ0v) is 13.4. The van der Waals surface area contributed by atoms with Gasteiger partial charge in [-0.25, -0.2) is 10.9 Å². The van der Waals surface area contributed by atoms with Crippen LogP contribution in [0.25, 0.3) is 0 Å². The van der Waals surface area contributed by atoms with E-state index in [2.05, 4.69) is 21.1 Å². The van der Waals surface area contributed by atoms with E-state index in [4.69, 9.17) is 8.83 Å². The molecule has 0 aromatic carbocycles. The lowest BCUT2D eigenvalue weighted by atomic mass is 10.3. The summed E-state index contributed by atoms with van der Waals surface area (Å²) in [4.78, 5) is 23.1. The summed E-state index contributed by atoms with van der Waals surface area (Å²) in [6, 6.07) is 7.05. The van der Waals surface area contributed by atoms with Crippen molar-refractivity contribution in [3.63, 3.8) is 0 Å². The minimum Gasteiger partial charge on any atom is -0.460 e. The largest absolute Gasteiger partial charge is 0.460 e. The fourth-order valence-corrected chi connectivity index (χ4v) is 1.72. The van der Waals surface area contributed by atoms with Gasteiger partial charge in [-0.2, -0.15) is 10.2 Å². The predicted molar refractivity (Wildman–Crippen MR) is 87.6 cm³/mol. The summed E-state index contributed by atoms with van der Waals surface area (Å²) in [6.07, 6.45) is 2.77. The highest BCUT2D eigenvalue weighted by molar-refractivity contribution is 5.85. The summed E-state index contributed by atoms with van der Waals surface area (Å²) in [5.41, 5.74) is 4.64. The third-order valence-electron chi connectivity index (χ3n) is 2.86. The second kappa shape index (κ2) is 8.47. The molecule has 2 aromatic heterocycles. The van der Waals surface area contributed by atoms with Gasteiger partial charge in [-0.05, 0) is 38.1 Å². The van der Waals surface area contributed by atoms with Crippen LogP contribution in [-0.2, 0) is 9.59 Å². The Morgan fingerprint density at radius 1 is 0.875 bits per heavy atom. The van der Waals surface area contributed by atoms with Gasteiger partial charge >= 0.3 is 0 Å². The number of aryl methyl sites for hydroxylation is 2. The first-order valence-electron chi connectivity index (χ1n) is 7.29. The van der Waals surface area contributed by atoms with E-state index in [1.807, 2.05) is 13.8 Å². The number of hydrogen-bond donors (Lipinski definition) is 2. The second-order valence-corrected chi connectivity index (χ2v) is 4.98. The van der Waals surface area contributed by atoms with E-state index in [0.29, 0.717) is 11.5 Å². The van der Waals surface area contributed by atoms with Gasteiger partial charge in [-0.1, -0.05) is 0 Å². The van der Waals surface area contributed by atoms with Crippen molar-refractivity contribution in [2.75, 3.05) is 0 Å². The number of hydrogen-bond acceptors (Lipinski definition) is 6. The number of nitrogens with zero attached hydrogens (tertiary/aromatic N) is 2. The summed E-state index contributed by atoms with van der Waals surface area (Å²) in [6.45, 7) is 3.62. The maximum absolute atomic E-state index is 11.6. The maximum Gasteiger partial charge on any atom is 0.240 e. The average Bonchev–Trinajstić information content (AvgIpc) is 3.14. The van der Waals surface area contributed by atoms with Gasteiger partial charge in [0.1, 0.15) is 23.0 Å². The van der Waals surface area contributed by atoms with E-state index in [0.717, 1.165) is 11.5 Å². The molecule has 8 heteroatoms. The van der Waals surface area contributed by atoms with Crippen molar-refractivity contribution in [3.05, 3.63) is 47.3 Å². The Kier molecular flexibility index (Phi) is 6.07. The number of rotatable bonds is 7. The first kappa shape index (κ1) is 17.2. The van der Waals surface area contributed by atoms with Crippen molar-refractivity contribution < 1.29 is 18.4 Å². The molecular weight excluding hydrogens is 312 g/mol. The molecule has 0 unspecified atom stereocenters. The third kappa shape index (κ3) is 5.91. The van der Waals surface area contributed by atoms with Crippen LogP contribution in [0.3, 0.4) is 0 Å². The molecule has 0 saturated heterocycles. The lowest BCUT2D eigenvalue weighted by Crippen LogP contribution is -2.22. The van der Waals surface area contributed by atoms with Gasteiger partial charge in [0.2, 0.25) is 11.8 Å². The number of carbonyl (C=O) groups excluding carboxylic acids is 2. The normalized spacial score (nSPS) is 11.2. The predicted octanol–water partition coefficient (Wildman–Crippen LogP) is 1.87. The van der Waals surface area contributed by atoms with E-state index < -0.39 is 0 Å². The average molecular weight is 330 g/mol. The van der Waals surface area contributed by atoms with E-state index in [-0.39, 0.29) is 24.7 Å². The molecule has 0 aliphatic carbocycles. The summed E-state index contributed by atoms with van der Waals surface area (Å²) < 4.78 is 10.5. The van der Waals surface area contributed by atoms with Gasteiger partial charge in [0.15, 0.2) is 0 Å². The number of nitrogens with one attached hydrogen (secondary N) is 2. The van der Waals surface area contributed by atoms with Gasteiger partial charge < -0.3 is 8.83 Å². The molecule has 0 radical (unpaired) electrons. The molecule has 0 fully saturated rings. The summed E-state index contributed by atoms with van der Waals surface area (Å²) in [5, 5.41) is 7.49. The van der Waals surface area contributed by atoms with E-state index in [1.165, 1.54) is 12.4 Å². The summed E-state index contributed by atoms with van der Waals surface area (Å²) >= 11 is 0. The van der Waals surface area contributed by atoms with Gasteiger partial charge in [0, 0.05) is 12.8 Å². The molecule has 24 heavy (non-hydrogen) atoms. The molecule has 126 valence electrons. The van der Waals surface area contributed by atoms with Crippen molar-refractivity contribution in [3.8, 4) is 0 Å². The summed E-state index contributed by atoms with van der Waals surface area (Å²) in [5.74, 6) is 1.82. The molecule has 0 aliphatic heterocycles. The molecule has 2 amide bonds. The van der Waals surface area contributed by atoms with Crippen LogP contribution >= 0.6 is 0 Å². The SMILES string of the molecule is Cc1ccc(/C=N\NC(=O)CCC(=O)N/N=C\c2ccc(C)o2)o1. The standard InChI is InChI=1S/C16H18N4O4/c1-11-3-5-13(23-11)9-17-19-15(21)7-8-16(22)20-18-10-14-6-4-12(2)24-14/h3-6,9-10H,7-8H2,1-2H3,(H,19,21)(H,20,22)/b17-9-,18-10-. The molecule has 0 saturated carbocycles. The third-order valence-corrected chi connectivity index (χ3v) is 2.86. The maximum atomic E-state index is 11.6. The molecule has 2 heterocycles. The van der Waals surface area contributed by atoms with Crippen LogP contribution in [0.5, 0.6) is 0 Å². The zero-order chi connectivity index (χ0) is 17.4. The minimum atomic E-state index is -0.379. The first-order chi connectivity index (χ1) is 11.5. The fraction of sp³-hybridized carbons (Fsp3) is 0.250. The highest BCUT2D eigenvalue weighted by Gasteiger charge is 2.05. The molecule has 8 nitrogen and oxygen atoms in total. The summed E-state index contributed by atoms with van der Waals surface area (Å²) in [7, 11) is 0. The topological polar surface area (TPSA) is 109 Å². The molecule has 0 atom stereocenters. The smallest absolute Gasteiger partial charge is 0.240 e. The fourth-order valence-electron chi connectivity index (χ4n) is 1.72. The molecule has 2 rings (SSSR count). The Balaban J connectivity index is 1.64. The van der Waals surface area contributed by atoms with Gasteiger partial charge in [0.25, 0.3) is 0 Å². The van der Waals surface area contributed by atoms with Crippen LogP contribution in [0.1, 0.15) is 35.9 Å². The van der Waals surface area contributed by atoms with Crippen molar-refractivity contribution in [2.24, 2.45) is 10.2 Å². The lowest BCUT2D eigenvalue weighted by molar-refractivity contribution is -0.126. The number of amides is 2. The van der Waals surface area contributed by atoms with Crippen LogP contribution in [0.15, 0.2) is 43.3 Å². The van der Waals surface area contributed by atoms with Gasteiger partial charge in [-0.15, -0.1) is 0 Å². The van der Waals surface area contributed by atoms with Crippen molar-refractivity contribution >= 4 is 24.2 Å². The van der Waals surface area contributed by atoms with Crippen LogP contribution in [0.4, 0.5) is 0 Å². The van der Waals surface area contributed by atoms with Gasteiger partial charge in [0.05, 0.1) is 12.4 Å². The molecule has 0 aliphatic rings. The Morgan fingerprint density at radius 2 is 1.29 bits per heavy atom. The first-order valence-corrected chi connectivity index (χ1v) is 7.29. The zero-order valence-electron chi connectivity index (χ0n) is 13.4. The Morgan fingerprint density at radius 3 is 1.62 bits per heavy atom. The molecule has 0 bridgehead atoms. The highest BCUT2D eigenvalue weighted by atomic mass is 16.3. The van der Waals surface area contributed by atoms with Crippen LogP contribution < -0.4 is 10.9 Å². The minimum absolute atomic E-state index is 0.00423. The van der Waals surface area contributed by atoms with Crippen molar-refractivity contribution in [1.29, 1.82) is 0 Å². The van der Waals surface area contributed by atoms with Crippen LogP contribution in [0.2, 0.25) is 0 Å². The lowest BCUT2D eigenvalue weighted by Gasteiger charge is -1.99. The monoisotopic (exact) mass is 330 g/mol. The number of furan rings is 2. The Bertz CT molecular complexity index is 693. The number of carbonyl (C=O) groups is 2. The molecular formula is C16H18N4O4. The van der Waals surface area contributed by atoms with E-state index >= 15 is 0 Å². The second-order valence-electron chi connectivity index (χ2n) is 4.98.